The van der Waals surface area contributed by atoms with Gasteiger partial charge in [0, 0.05) is 31.1 Å². The number of piperidine rings is 1. The van der Waals surface area contributed by atoms with Gasteiger partial charge in [0.15, 0.2) is 0 Å². The third-order valence-electron chi connectivity index (χ3n) is 5.64. The quantitative estimate of drug-likeness (QED) is 0.801. The van der Waals surface area contributed by atoms with Crippen LogP contribution < -0.4 is 4.90 Å². The molecule has 0 radical (unpaired) electrons. The Morgan fingerprint density at radius 3 is 2.73 bits per heavy atom. The van der Waals surface area contributed by atoms with Crippen LogP contribution in [0.15, 0.2) is 0 Å². The molecule has 1 atom stereocenters. The van der Waals surface area contributed by atoms with E-state index in [1.54, 1.807) is 7.05 Å². The largest absolute Gasteiger partial charge is 0.354 e. The van der Waals surface area contributed by atoms with Crippen molar-refractivity contribution in [2.45, 2.75) is 51.5 Å². The van der Waals surface area contributed by atoms with Gasteiger partial charge in [0.1, 0.15) is 16.5 Å². The molecule has 0 saturated carbocycles. The van der Waals surface area contributed by atoms with Crippen molar-refractivity contribution in [3.63, 3.8) is 0 Å². The fraction of sp³-hybridized carbons (Fsp3) is 0.667. The smallest absolute Gasteiger partial charge is 0.211 e. The first kappa shape index (κ1) is 18.1. The highest BCUT2D eigenvalue weighted by molar-refractivity contribution is 7.88. The summed E-state index contributed by atoms with van der Waals surface area (Å²) in [5.74, 6) is 1.81. The standard InChI is InChI=1S/C18H26N4O2S2/c1-12-19-17(16-14-8-4-5-9-15(14)25-18(16)20-12)22-10-6-7-13(11-22)21(2)26(3,23)24/h13H,4-11H2,1-3H3. The lowest BCUT2D eigenvalue weighted by Gasteiger charge is -2.37. The summed E-state index contributed by atoms with van der Waals surface area (Å²) in [6.07, 6.45) is 7.90. The highest BCUT2D eigenvalue weighted by atomic mass is 32.2. The summed E-state index contributed by atoms with van der Waals surface area (Å²) in [5, 5.41) is 1.22. The molecule has 1 aliphatic carbocycles. The molecule has 8 heteroatoms. The molecule has 1 aliphatic heterocycles. The number of aryl methyl sites for hydroxylation is 3. The van der Waals surface area contributed by atoms with Crippen LogP contribution >= 0.6 is 11.3 Å². The number of thiophene rings is 1. The lowest BCUT2D eigenvalue weighted by Crippen LogP contribution is -2.48. The molecule has 142 valence electrons. The molecule has 1 unspecified atom stereocenters. The minimum Gasteiger partial charge on any atom is -0.354 e. The first-order valence-electron chi connectivity index (χ1n) is 9.31. The molecule has 2 aromatic heterocycles. The van der Waals surface area contributed by atoms with Crippen LogP contribution in [0.2, 0.25) is 0 Å². The molecule has 2 aliphatic rings. The number of fused-ring (bicyclic) bond motifs is 3. The Bertz CT molecular complexity index is 938. The maximum Gasteiger partial charge on any atom is 0.211 e. The monoisotopic (exact) mass is 394 g/mol. The van der Waals surface area contributed by atoms with Crippen molar-refractivity contribution in [2.24, 2.45) is 0 Å². The Labute approximate surface area is 159 Å². The third kappa shape index (κ3) is 3.23. The zero-order valence-electron chi connectivity index (χ0n) is 15.7. The third-order valence-corrected chi connectivity index (χ3v) is 8.17. The fourth-order valence-electron chi connectivity index (χ4n) is 4.19. The second-order valence-electron chi connectivity index (χ2n) is 7.51. The number of hydrogen-bond donors (Lipinski definition) is 0. The lowest BCUT2D eigenvalue weighted by molar-refractivity contribution is 0.321. The lowest BCUT2D eigenvalue weighted by atomic mass is 9.96. The number of sulfonamides is 1. The summed E-state index contributed by atoms with van der Waals surface area (Å²) < 4.78 is 25.5. The van der Waals surface area contributed by atoms with Crippen molar-refractivity contribution in [3.05, 3.63) is 16.3 Å². The van der Waals surface area contributed by atoms with E-state index in [0.717, 1.165) is 48.7 Å². The van der Waals surface area contributed by atoms with E-state index in [0.29, 0.717) is 6.54 Å². The topological polar surface area (TPSA) is 66.4 Å². The van der Waals surface area contributed by atoms with Crippen molar-refractivity contribution in [3.8, 4) is 0 Å². The summed E-state index contributed by atoms with van der Waals surface area (Å²) >= 11 is 1.82. The van der Waals surface area contributed by atoms with Gasteiger partial charge in [-0.3, -0.25) is 0 Å². The van der Waals surface area contributed by atoms with Gasteiger partial charge < -0.3 is 4.90 Å². The summed E-state index contributed by atoms with van der Waals surface area (Å²) in [7, 11) is -1.50. The number of nitrogens with zero attached hydrogens (tertiary/aromatic N) is 4. The summed E-state index contributed by atoms with van der Waals surface area (Å²) in [5.41, 5.74) is 1.44. The maximum absolute atomic E-state index is 12.0. The van der Waals surface area contributed by atoms with Crippen LogP contribution in [-0.2, 0) is 22.9 Å². The van der Waals surface area contributed by atoms with Crippen LogP contribution in [-0.4, -0.2) is 55.1 Å². The van der Waals surface area contributed by atoms with Gasteiger partial charge in [0.2, 0.25) is 10.0 Å². The van der Waals surface area contributed by atoms with E-state index >= 15 is 0 Å². The van der Waals surface area contributed by atoms with Crippen molar-refractivity contribution in [1.82, 2.24) is 14.3 Å². The Balaban J connectivity index is 1.75. The molecular formula is C18H26N4O2S2. The minimum atomic E-state index is -3.19. The molecule has 4 rings (SSSR count). The molecule has 3 heterocycles. The molecule has 0 bridgehead atoms. The maximum atomic E-state index is 12.0. The van der Waals surface area contributed by atoms with E-state index in [1.165, 1.54) is 39.2 Å². The predicted molar refractivity (Wildman–Crippen MR) is 107 cm³/mol. The van der Waals surface area contributed by atoms with E-state index < -0.39 is 10.0 Å². The summed E-state index contributed by atoms with van der Waals surface area (Å²) in [6, 6.07) is -0.00136. The first-order chi connectivity index (χ1) is 12.3. The number of anilines is 1. The Kier molecular flexibility index (Phi) is 4.69. The highest BCUT2D eigenvalue weighted by Crippen LogP contribution is 2.40. The molecule has 1 fully saturated rings. The van der Waals surface area contributed by atoms with Crippen LogP contribution in [0.3, 0.4) is 0 Å². The summed E-state index contributed by atoms with van der Waals surface area (Å²) in [4.78, 5) is 14.4. The molecule has 6 nitrogen and oxygen atoms in total. The van der Waals surface area contributed by atoms with Gasteiger partial charge in [-0.1, -0.05) is 0 Å². The Morgan fingerprint density at radius 2 is 1.96 bits per heavy atom. The number of rotatable bonds is 3. The summed E-state index contributed by atoms with van der Waals surface area (Å²) in [6.45, 7) is 3.57. The number of hydrogen-bond acceptors (Lipinski definition) is 6. The zero-order valence-corrected chi connectivity index (χ0v) is 17.3. The molecule has 1 saturated heterocycles. The first-order valence-corrected chi connectivity index (χ1v) is 12.0. The van der Waals surface area contributed by atoms with Crippen molar-refractivity contribution in [1.29, 1.82) is 0 Å². The van der Waals surface area contributed by atoms with Crippen LogP contribution in [0.5, 0.6) is 0 Å². The Hall–Kier alpha value is -1.25. The van der Waals surface area contributed by atoms with E-state index in [-0.39, 0.29) is 6.04 Å². The van der Waals surface area contributed by atoms with Gasteiger partial charge in [-0.2, -0.15) is 0 Å². The van der Waals surface area contributed by atoms with Crippen molar-refractivity contribution >= 4 is 37.4 Å². The molecular weight excluding hydrogens is 368 g/mol. The predicted octanol–water partition coefficient (Wildman–Crippen LogP) is 2.74. The van der Waals surface area contributed by atoms with Gasteiger partial charge in [-0.15, -0.1) is 11.3 Å². The molecule has 0 amide bonds. The van der Waals surface area contributed by atoms with E-state index in [1.807, 2.05) is 18.3 Å². The van der Waals surface area contributed by atoms with E-state index in [4.69, 9.17) is 9.97 Å². The van der Waals surface area contributed by atoms with Crippen LogP contribution in [0.25, 0.3) is 10.2 Å². The molecule has 26 heavy (non-hydrogen) atoms. The number of likely N-dealkylation sites (N-methyl/N-ethyl adjacent to an activating group) is 1. The van der Waals surface area contributed by atoms with Gasteiger partial charge in [0.25, 0.3) is 0 Å². The zero-order chi connectivity index (χ0) is 18.5. The van der Waals surface area contributed by atoms with E-state index in [2.05, 4.69) is 4.90 Å². The van der Waals surface area contributed by atoms with Crippen LogP contribution in [0.1, 0.15) is 41.9 Å². The molecule has 2 aromatic rings. The number of aromatic nitrogens is 2. The fourth-order valence-corrected chi connectivity index (χ4v) is 6.20. The average molecular weight is 395 g/mol. The average Bonchev–Trinajstić information content (AvgIpc) is 2.97. The SMILES string of the molecule is Cc1nc(N2CCCC(N(C)S(C)(=O)=O)C2)c2c3c(sc2n1)CCCC3. The normalized spacial score (nSPS) is 21.4. The molecule has 0 spiro atoms. The van der Waals surface area contributed by atoms with Crippen molar-refractivity contribution in [2.75, 3.05) is 31.3 Å². The van der Waals surface area contributed by atoms with Crippen LogP contribution in [0, 0.1) is 6.92 Å². The van der Waals surface area contributed by atoms with Gasteiger partial charge >= 0.3 is 0 Å². The second-order valence-corrected chi connectivity index (χ2v) is 10.6. The highest BCUT2D eigenvalue weighted by Gasteiger charge is 2.31. The van der Waals surface area contributed by atoms with Gasteiger partial charge in [0.05, 0.1) is 11.6 Å². The Morgan fingerprint density at radius 1 is 1.19 bits per heavy atom. The van der Waals surface area contributed by atoms with Gasteiger partial charge in [-0.25, -0.2) is 22.7 Å². The van der Waals surface area contributed by atoms with Crippen LogP contribution in [0.4, 0.5) is 5.82 Å². The van der Waals surface area contributed by atoms with Crippen molar-refractivity contribution < 1.29 is 8.42 Å². The van der Waals surface area contributed by atoms with Gasteiger partial charge in [-0.05, 0) is 51.0 Å². The molecule has 0 aromatic carbocycles. The molecule has 0 N–H and O–H groups in total. The second kappa shape index (κ2) is 6.73. The van der Waals surface area contributed by atoms with E-state index in [9.17, 15) is 8.42 Å². The minimum absolute atomic E-state index is 0.00136.